The lowest BCUT2D eigenvalue weighted by Gasteiger charge is -2.11. The number of rotatable bonds is 10. The Morgan fingerprint density at radius 3 is 2.72 bits per heavy atom. The molecule has 1 atom stereocenters. The van der Waals surface area contributed by atoms with Crippen LogP contribution in [0.1, 0.15) is 37.8 Å². The average Bonchev–Trinajstić information content (AvgIpc) is 3.15. The highest BCUT2D eigenvalue weighted by atomic mass is 16.1. The molecule has 1 amide bonds. The number of carbonyl (C=O) groups excluding carboxylic acids is 1. The van der Waals surface area contributed by atoms with Crippen molar-refractivity contribution in [1.29, 1.82) is 0 Å². The Kier molecular flexibility index (Phi) is 7.53. The van der Waals surface area contributed by atoms with Gasteiger partial charge in [-0.3, -0.25) is 14.5 Å². The lowest BCUT2D eigenvalue weighted by Crippen LogP contribution is -2.33. The van der Waals surface area contributed by atoms with E-state index in [1.54, 1.807) is 6.20 Å². The van der Waals surface area contributed by atoms with Gasteiger partial charge in [0.2, 0.25) is 5.91 Å². The van der Waals surface area contributed by atoms with Crippen LogP contribution in [-0.2, 0) is 17.9 Å². The standard InChI is InChI=1S/C23H29N5O/c1-3-18(2)26-22(29)11-13-25-15-21-17-28(16-19-8-5-4-6-9-19)27-23(21)20-10-7-12-24-14-20/h4-10,12,14,17-18,25H,3,11,13,15-16H2,1-2H3,(H,26,29). The number of amides is 1. The van der Waals surface area contributed by atoms with Crippen LogP contribution in [0, 0.1) is 0 Å². The summed E-state index contributed by atoms with van der Waals surface area (Å²) < 4.78 is 1.96. The fourth-order valence-corrected chi connectivity index (χ4v) is 3.06. The molecule has 0 aliphatic carbocycles. The number of pyridine rings is 1. The quantitative estimate of drug-likeness (QED) is 0.520. The summed E-state index contributed by atoms with van der Waals surface area (Å²) in [5, 5.41) is 11.2. The lowest BCUT2D eigenvalue weighted by molar-refractivity contribution is -0.121. The van der Waals surface area contributed by atoms with Gasteiger partial charge in [0.1, 0.15) is 0 Å². The van der Waals surface area contributed by atoms with E-state index in [-0.39, 0.29) is 11.9 Å². The first-order valence-corrected chi connectivity index (χ1v) is 10.2. The normalized spacial score (nSPS) is 11.9. The Balaban J connectivity index is 1.65. The van der Waals surface area contributed by atoms with E-state index in [0.717, 1.165) is 23.2 Å². The molecule has 2 N–H and O–H groups in total. The van der Waals surface area contributed by atoms with E-state index in [9.17, 15) is 4.79 Å². The fraction of sp³-hybridized carbons (Fsp3) is 0.348. The molecule has 29 heavy (non-hydrogen) atoms. The zero-order chi connectivity index (χ0) is 20.5. The van der Waals surface area contributed by atoms with Gasteiger partial charge in [-0.1, -0.05) is 37.3 Å². The van der Waals surface area contributed by atoms with Gasteiger partial charge >= 0.3 is 0 Å². The summed E-state index contributed by atoms with van der Waals surface area (Å²) in [6.07, 6.45) is 7.07. The highest BCUT2D eigenvalue weighted by Crippen LogP contribution is 2.21. The molecule has 6 heteroatoms. The number of hydrogen-bond acceptors (Lipinski definition) is 4. The molecule has 2 heterocycles. The SMILES string of the molecule is CCC(C)NC(=O)CCNCc1cn(Cc2ccccc2)nc1-c1cccnc1. The largest absolute Gasteiger partial charge is 0.354 e. The van der Waals surface area contributed by atoms with Crippen LogP contribution in [0.3, 0.4) is 0 Å². The molecule has 1 unspecified atom stereocenters. The van der Waals surface area contributed by atoms with E-state index in [0.29, 0.717) is 26.1 Å². The maximum atomic E-state index is 11.9. The molecule has 0 radical (unpaired) electrons. The predicted octanol–water partition coefficient (Wildman–Crippen LogP) is 3.39. The van der Waals surface area contributed by atoms with Crippen molar-refractivity contribution in [1.82, 2.24) is 25.4 Å². The average molecular weight is 392 g/mol. The molecule has 0 spiro atoms. The Bertz CT molecular complexity index is 892. The minimum atomic E-state index is 0.0825. The monoisotopic (exact) mass is 391 g/mol. The third kappa shape index (κ3) is 6.26. The van der Waals surface area contributed by atoms with Crippen LogP contribution in [0.2, 0.25) is 0 Å². The first-order chi connectivity index (χ1) is 14.2. The minimum Gasteiger partial charge on any atom is -0.354 e. The van der Waals surface area contributed by atoms with E-state index in [2.05, 4.69) is 40.9 Å². The van der Waals surface area contributed by atoms with Crippen LogP contribution in [0.4, 0.5) is 0 Å². The molecule has 3 rings (SSSR count). The van der Waals surface area contributed by atoms with Crippen molar-refractivity contribution in [3.05, 3.63) is 72.2 Å². The van der Waals surface area contributed by atoms with Crippen LogP contribution in [0.25, 0.3) is 11.3 Å². The van der Waals surface area contributed by atoms with Crippen LogP contribution in [0.15, 0.2) is 61.1 Å². The summed E-state index contributed by atoms with van der Waals surface area (Å²) in [6, 6.07) is 14.4. The highest BCUT2D eigenvalue weighted by Gasteiger charge is 2.12. The summed E-state index contributed by atoms with van der Waals surface area (Å²) in [6.45, 7) is 6.07. The Hall–Kier alpha value is -2.99. The Morgan fingerprint density at radius 2 is 2.00 bits per heavy atom. The second-order valence-corrected chi connectivity index (χ2v) is 7.23. The van der Waals surface area contributed by atoms with E-state index in [1.807, 2.05) is 48.1 Å². The minimum absolute atomic E-state index is 0.0825. The van der Waals surface area contributed by atoms with Gasteiger partial charge in [0, 0.05) is 55.3 Å². The summed E-state index contributed by atoms with van der Waals surface area (Å²) in [5.74, 6) is 0.0825. The number of benzene rings is 1. The van der Waals surface area contributed by atoms with E-state index in [4.69, 9.17) is 5.10 Å². The van der Waals surface area contributed by atoms with Crippen molar-refractivity contribution in [3.63, 3.8) is 0 Å². The van der Waals surface area contributed by atoms with Gasteiger partial charge < -0.3 is 10.6 Å². The van der Waals surface area contributed by atoms with Crippen molar-refractivity contribution in [2.24, 2.45) is 0 Å². The molecule has 0 aliphatic heterocycles. The van der Waals surface area contributed by atoms with E-state index < -0.39 is 0 Å². The lowest BCUT2D eigenvalue weighted by atomic mass is 10.1. The van der Waals surface area contributed by atoms with Gasteiger partial charge in [-0.25, -0.2) is 0 Å². The Morgan fingerprint density at radius 1 is 1.17 bits per heavy atom. The number of aromatic nitrogens is 3. The second-order valence-electron chi connectivity index (χ2n) is 7.23. The maximum Gasteiger partial charge on any atom is 0.221 e. The molecule has 0 saturated heterocycles. The Labute approximate surface area is 172 Å². The fourth-order valence-electron chi connectivity index (χ4n) is 3.06. The van der Waals surface area contributed by atoms with Crippen molar-refractivity contribution in [2.75, 3.05) is 6.54 Å². The van der Waals surface area contributed by atoms with Crippen LogP contribution >= 0.6 is 0 Å². The number of hydrogen-bond donors (Lipinski definition) is 2. The first kappa shape index (κ1) is 20.7. The van der Waals surface area contributed by atoms with Gasteiger partial charge in [0.25, 0.3) is 0 Å². The van der Waals surface area contributed by atoms with Gasteiger partial charge in [0.05, 0.1) is 12.2 Å². The van der Waals surface area contributed by atoms with E-state index >= 15 is 0 Å². The number of carbonyl (C=O) groups is 1. The molecule has 1 aromatic carbocycles. The number of nitrogens with one attached hydrogen (secondary N) is 2. The summed E-state index contributed by atoms with van der Waals surface area (Å²) in [5.41, 5.74) is 4.21. The van der Waals surface area contributed by atoms with Crippen LogP contribution < -0.4 is 10.6 Å². The maximum absolute atomic E-state index is 11.9. The summed E-state index contributed by atoms with van der Waals surface area (Å²) in [7, 11) is 0. The van der Waals surface area contributed by atoms with Crippen LogP contribution in [0.5, 0.6) is 0 Å². The third-order valence-electron chi connectivity index (χ3n) is 4.82. The zero-order valence-electron chi connectivity index (χ0n) is 17.1. The first-order valence-electron chi connectivity index (χ1n) is 10.2. The molecule has 0 aliphatic rings. The van der Waals surface area contributed by atoms with E-state index in [1.165, 1.54) is 5.56 Å². The van der Waals surface area contributed by atoms with Crippen molar-refractivity contribution < 1.29 is 4.79 Å². The molecule has 0 bridgehead atoms. The second kappa shape index (κ2) is 10.5. The molecule has 6 nitrogen and oxygen atoms in total. The van der Waals surface area contributed by atoms with Crippen molar-refractivity contribution in [3.8, 4) is 11.3 Å². The molecular formula is C23H29N5O. The predicted molar refractivity (Wildman–Crippen MR) is 115 cm³/mol. The molecule has 3 aromatic rings. The summed E-state index contributed by atoms with van der Waals surface area (Å²) >= 11 is 0. The third-order valence-corrected chi connectivity index (χ3v) is 4.82. The van der Waals surface area contributed by atoms with Gasteiger partial charge in [-0.2, -0.15) is 5.10 Å². The van der Waals surface area contributed by atoms with Crippen LogP contribution in [-0.4, -0.2) is 33.3 Å². The zero-order valence-corrected chi connectivity index (χ0v) is 17.1. The van der Waals surface area contributed by atoms with Gasteiger partial charge in [0.15, 0.2) is 0 Å². The molecule has 0 saturated carbocycles. The van der Waals surface area contributed by atoms with Gasteiger partial charge in [-0.05, 0) is 31.0 Å². The highest BCUT2D eigenvalue weighted by molar-refractivity contribution is 5.76. The molecule has 152 valence electrons. The topological polar surface area (TPSA) is 71.8 Å². The molecule has 0 fully saturated rings. The van der Waals surface area contributed by atoms with Gasteiger partial charge in [-0.15, -0.1) is 0 Å². The molecule has 2 aromatic heterocycles. The number of nitrogens with zero attached hydrogens (tertiary/aromatic N) is 3. The molecular weight excluding hydrogens is 362 g/mol. The van der Waals surface area contributed by atoms with Crippen molar-refractivity contribution in [2.45, 2.75) is 45.8 Å². The smallest absolute Gasteiger partial charge is 0.221 e. The summed E-state index contributed by atoms with van der Waals surface area (Å²) in [4.78, 5) is 16.2. The van der Waals surface area contributed by atoms with Crippen molar-refractivity contribution >= 4 is 5.91 Å².